The Kier molecular flexibility index (Phi) is 3.23. The summed E-state index contributed by atoms with van der Waals surface area (Å²) in [5, 5.41) is 0.546. The Morgan fingerprint density at radius 2 is 1.75 bits per heavy atom. The largest absolute Gasteiger partial charge is 0.301 e. The van der Waals surface area contributed by atoms with Crippen LogP contribution in [0.3, 0.4) is 0 Å². The van der Waals surface area contributed by atoms with Crippen molar-refractivity contribution in [2.24, 2.45) is 0 Å². The molecule has 2 aromatic carbocycles. The third kappa shape index (κ3) is 2.12. The molecule has 1 amide bonds. The first-order valence-electron chi connectivity index (χ1n) is 7.94. The highest BCUT2D eigenvalue weighted by Crippen LogP contribution is 2.30. The van der Waals surface area contributed by atoms with Crippen LogP contribution in [0, 0.1) is 6.92 Å². The van der Waals surface area contributed by atoms with E-state index in [9.17, 15) is 9.59 Å². The molecule has 3 aromatic rings. The maximum atomic E-state index is 12.7. The van der Waals surface area contributed by atoms with Crippen molar-refractivity contribution in [3.63, 3.8) is 0 Å². The second-order valence-corrected chi connectivity index (χ2v) is 6.15. The summed E-state index contributed by atoms with van der Waals surface area (Å²) in [5.74, 6) is 0.525. The van der Waals surface area contributed by atoms with Crippen LogP contribution in [0.2, 0.25) is 0 Å². The van der Waals surface area contributed by atoms with Crippen LogP contribution in [0.15, 0.2) is 53.3 Å². The summed E-state index contributed by atoms with van der Waals surface area (Å²) in [6, 6.07) is 14.8. The summed E-state index contributed by atoms with van der Waals surface area (Å²) >= 11 is 0. The van der Waals surface area contributed by atoms with Gasteiger partial charge in [-0.1, -0.05) is 29.8 Å². The predicted molar refractivity (Wildman–Crippen MR) is 93.1 cm³/mol. The lowest BCUT2D eigenvalue weighted by atomic mass is 10.1. The fourth-order valence-electron chi connectivity index (χ4n) is 3.27. The zero-order valence-electron chi connectivity index (χ0n) is 13.6. The van der Waals surface area contributed by atoms with E-state index in [1.165, 1.54) is 4.57 Å². The van der Waals surface area contributed by atoms with Crippen LogP contribution in [-0.2, 0) is 11.3 Å². The van der Waals surface area contributed by atoms with E-state index in [4.69, 9.17) is 0 Å². The Morgan fingerprint density at radius 3 is 2.50 bits per heavy atom. The van der Waals surface area contributed by atoms with Crippen molar-refractivity contribution in [2.75, 3.05) is 4.90 Å². The number of amides is 1. The normalized spacial score (nSPS) is 17.2. The zero-order chi connectivity index (χ0) is 16.8. The monoisotopic (exact) mass is 319 g/mol. The van der Waals surface area contributed by atoms with Crippen molar-refractivity contribution < 1.29 is 4.79 Å². The lowest BCUT2D eigenvalue weighted by Crippen LogP contribution is -2.46. The van der Waals surface area contributed by atoms with Gasteiger partial charge in [0.15, 0.2) is 0 Å². The summed E-state index contributed by atoms with van der Waals surface area (Å²) in [7, 11) is 0. The van der Waals surface area contributed by atoms with Gasteiger partial charge >= 0.3 is 0 Å². The highest BCUT2D eigenvalue weighted by Gasteiger charge is 2.33. The number of fused-ring (bicyclic) bond motifs is 2. The van der Waals surface area contributed by atoms with Gasteiger partial charge in [-0.2, -0.15) is 0 Å². The zero-order valence-corrected chi connectivity index (χ0v) is 13.6. The van der Waals surface area contributed by atoms with Gasteiger partial charge in [-0.25, -0.2) is 4.98 Å². The third-order valence-electron chi connectivity index (χ3n) is 4.53. The van der Waals surface area contributed by atoms with Gasteiger partial charge in [-0.3, -0.25) is 14.2 Å². The summed E-state index contributed by atoms with van der Waals surface area (Å²) in [6.45, 7) is 3.93. The standard InChI is InChI=1S/C19H17N3O2/c1-12-7-9-14(10-8-12)22-13(2)18-20-16-6-4-3-5-15(16)19(24)21(18)11-17(22)23/h3-10,13H,11H2,1-2H3. The van der Waals surface area contributed by atoms with Crippen LogP contribution in [0.25, 0.3) is 10.9 Å². The molecule has 0 aliphatic carbocycles. The number of hydrogen-bond donors (Lipinski definition) is 0. The van der Waals surface area contributed by atoms with Gasteiger partial charge in [-0.05, 0) is 38.1 Å². The Hall–Kier alpha value is -2.95. The Bertz CT molecular complexity index is 1010. The summed E-state index contributed by atoms with van der Waals surface area (Å²) < 4.78 is 1.50. The number of hydrogen-bond acceptors (Lipinski definition) is 3. The smallest absolute Gasteiger partial charge is 0.261 e. The van der Waals surface area contributed by atoms with Crippen molar-refractivity contribution in [3.8, 4) is 0 Å². The lowest BCUT2D eigenvalue weighted by molar-refractivity contribution is -0.120. The molecule has 1 aliphatic rings. The number of aromatic nitrogens is 2. The van der Waals surface area contributed by atoms with E-state index in [2.05, 4.69) is 4.98 Å². The lowest BCUT2D eigenvalue weighted by Gasteiger charge is -2.35. The molecule has 1 atom stereocenters. The second-order valence-electron chi connectivity index (χ2n) is 6.15. The van der Waals surface area contributed by atoms with Crippen LogP contribution in [-0.4, -0.2) is 15.5 Å². The van der Waals surface area contributed by atoms with Crippen LogP contribution < -0.4 is 10.5 Å². The molecule has 4 rings (SSSR count). The average Bonchev–Trinajstić information content (AvgIpc) is 2.58. The van der Waals surface area contributed by atoms with E-state index >= 15 is 0 Å². The highest BCUT2D eigenvalue weighted by atomic mass is 16.2. The number of carbonyl (C=O) groups is 1. The molecular formula is C19H17N3O2. The van der Waals surface area contributed by atoms with Gasteiger partial charge in [0.25, 0.3) is 5.56 Å². The molecule has 0 spiro atoms. The van der Waals surface area contributed by atoms with E-state index in [0.717, 1.165) is 11.3 Å². The van der Waals surface area contributed by atoms with E-state index in [-0.39, 0.29) is 24.1 Å². The molecule has 0 radical (unpaired) electrons. The topological polar surface area (TPSA) is 55.2 Å². The van der Waals surface area contributed by atoms with Gasteiger partial charge in [0, 0.05) is 5.69 Å². The molecule has 120 valence electrons. The number of anilines is 1. The van der Waals surface area contributed by atoms with E-state index < -0.39 is 0 Å². The Morgan fingerprint density at radius 1 is 1.04 bits per heavy atom. The molecule has 0 saturated carbocycles. The number of rotatable bonds is 1. The minimum atomic E-state index is -0.300. The van der Waals surface area contributed by atoms with Crippen LogP contribution in [0.4, 0.5) is 5.69 Å². The molecule has 2 heterocycles. The van der Waals surface area contributed by atoms with Crippen molar-refractivity contribution in [2.45, 2.75) is 26.4 Å². The molecule has 24 heavy (non-hydrogen) atoms. The highest BCUT2D eigenvalue weighted by molar-refractivity contribution is 5.95. The molecule has 0 N–H and O–H groups in total. The summed E-state index contributed by atoms with van der Waals surface area (Å²) in [6.07, 6.45) is 0. The van der Waals surface area contributed by atoms with E-state index in [1.54, 1.807) is 11.0 Å². The molecule has 5 nitrogen and oxygen atoms in total. The third-order valence-corrected chi connectivity index (χ3v) is 4.53. The molecule has 0 fully saturated rings. The molecule has 0 bridgehead atoms. The quantitative estimate of drug-likeness (QED) is 0.693. The van der Waals surface area contributed by atoms with Gasteiger partial charge in [0.05, 0.1) is 16.9 Å². The van der Waals surface area contributed by atoms with Crippen molar-refractivity contribution in [3.05, 3.63) is 70.3 Å². The maximum absolute atomic E-state index is 12.7. The van der Waals surface area contributed by atoms with Crippen LogP contribution >= 0.6 is 0 Å². The predicted octanol–water partition coefficient (Wildman–Crippen LogP) is 2.81. The fraction of sp³-hybridized carbons (Fsp3) is 0.211. The van der Waals surface area contributed by atoms with Crippen molar-refractivity contribution in [1.29, 1.82) is 0 Å². The van der Waals surface area contributed by atoms with E-state index in [1.807, 2.05) is 56.3 Å². The minimum absolute atomic E-state index is 0.0181. The number of benzene rings is 2. The molecule has 1 unspecified atom stereocenters. The average molecular weight is 319 g/mol. The van der Waals surface area contributed by atoms with E-state index in [0.29, 0.717) is 16.7 Å². The molecular weight excluding hydrogens is 302 g/mol. The first kappa shape index (κ1) is 14.6. The summed E-state index contributed by atoms with van der Waals surface area (Å²) in [4.78, 5) is 31.8. The number of aryl methyl sites for hydroxylation is 1. The Balaban J connectivity index is 1.90. The number of carbonyl (C=O) groups excluding carboxylic acids is 1. The molecule has 1 aromatic heterocycles. The number of para-hydroxylation sites is 1. The fourth-order valence-corrected chi connectivity index (χ4v) is 3.27. The van der Waals surface area contributed by atoms with Gasteiger partial charge in [-0.15, -0.1) is 0 Å². The SMILES string of the molecule is Cc1ccc(N2C(=O)Cn3c(nc4ccccc4c3=O)C2C)cc1. The minimum Gasteiger partial charge on any atom is -0.301 e. The van der Waals surface area contributed by atoms with Gasteiger partial charge in [0.1, 0.15) is 12.4 Å². The molecule has 1 aliphatic heterocycles. The van der Waals surface area contributed by atoms with Crippen LogP contribution in [0.5, 0.6) is 0 Å². The second kappa shape index (κ2) is 5.30. The first-order chi connectivity index (χ1) is 11.6. The molecule has 0 saturated heterocycles. The molecule has 5 heteroatoms. The van der Waals surface area contributed by atoms with Crippen molar-refractivity contribution in [1.82, 2.24) is 9.55 Å². The Labute approximate surface area is 139 Å². The van der Waals surface area contributed by atoms with Gasteiger partial charge < -0.3 is 4.90 Å². The summed E-state index contributed by atoms with van der Waals surface area (Å²) in [5.41, 5.74) is 2.47. The first-order valence-corrected chi connectivity index (χ1v) is 7.94. The van der Waals surface area contributed by atoms with Crippen molar-refractivity contribution >= 4 is 22.5 Å². The number of nitrogens with zero attached hydrogens (tertiary/aromatic N) is 3. The van der Waals surface area contributed by atoms with Gasteiger partial charge in [0.2, 0.25) is 5.91 Å². The van der Waals surface area contributed by atoms with Crippen LogP contribution in [0.1, 0.15) is 24.4 Å². The maximum Gasteiger partial charge on any atom is 0.261 e.